The highest BCUT2D eigenvalue weighted by atomic mass is 35.5. The molecule has 0 radical (unpaired) electrons. The number of hydrogen-bond donors (Lipinski definition) is 2. The minimum absolute atomic E-state index is 0.0730. The zero-order valence-electron chi connectivity index (χ0n) is 16.4. The average Bonchev–Trinajstić information content (AvgIpc) is 3.07. The number of likely N-dealkylation sites (N-methyl/N-ethyl adjacent to an activating group) is 1. The average molecular weight is 427 g/mol. The molecule has 1 amide bonds. The van der Waals surface area contributed by atoms with Gasteiger partial charge in [-0.1, -0.05) is 23.7 Å². The van der Waals surface area contributed by atoms with Crippen LogP contribution in [-0.4, -0.2) is 41.5 Å². The maximum absolute atomic E-state index is 12.4. The van der Waals surface area contributed by atoms with E-state index in [-0.39, 0.29) is 30.1 Å². The lowest BCUT2D eigenvalue weighted by atomic mass is 10.2. The quantitative estimate of drug-likeness (QED) is 0.490. The van der Waals surface area contributed by atoms with E-state index in [2.05, 4.69) is 15.3 Å². The maximum Gasteiger partial charge on any atom is 0.294 e. The number of nitrogens with one attached hydrogen (secondary N) is 2. The molecule has 0 aliphatic heterocycles. The van der Waals surface area contributed by atoms with E-state index in [4.69, 9.17) is 20.8 Å². The molecule has 0 atom stereocenters. The van der Waals surface area contributed by atoms with Crippen molar-refractivity contribution in [2.75, 3.05) is 26.0 Å². The molecule has 9 heteroatoms. The van der Waals surface area contributed by atoms with E-state index in [9.17, 15) is 9.59 Å². The van der Waals surface area contributed by atoms with Crippen LogP contribution in [0.3, 0.4) is 0 Å². The standard InChI is InChI=1S/C21H19ClN4O4/c1-26(11-18(27)23-14-9-12(22)7-8-16(14)29-2)10-17-24-19-13-5-3-4-6-15(13)30-20(19)21(28)25-17/h3-9H,10-11H2,1-2H3,(H,23,27)(H,24,25,28). The van der Waals surface area contributed by atoms with E-state index in [0.29, 0.717) is 33.4 Å². The summed E-state index contributed by atoms with van der Waals surface area (Å²) in [5.41, 5.74) is 1.43. The van der Waals surface area contributed by atoms with Crippen LogP contribution in [0.15, 0.2) is 51.7 Å². The van der Waals surface area contributed by atoms with Crippen molar-refractivity contribution in [2.24, 2.45) is 0 Å². The fourth-order valence-corrected chi connectivity index (χ4v) is 3.42. The van der Waals surface area contributed by atoms with Gasteiger partial charge >= 0.3 is 0 Å². The fourth-order valence-electron chi connectivity index (χ4n) is 3.25. The van der Waals surface area contributed by atoms with Crippen LogP contribution >= 0.6 is 11.6 Å². The predicted molar refractivity (Wildman–Crippen MR) is 115 cm³/mol. The third-order valence-corrected chi connectivity index (χ3v) is 4.78. The molecule has 30 heavy (non-hydrogen) atoms. The molecule has 0 spiro atoms. The van der Waals surface area contributed by atoms with Gasteiger partial charge in [-0.2, -0.15) is 0 Å². The lowest BCUT2D eigenvalue weighted by molar-refractivity contribution is -0.117. The molecule has 2 aromatic carbocycles. The molecule has 4 rings (SSSR count). The number of hydrogen-bond acceptors (Lipinski definition) is 6. The Morgan fingerprint density at radius 3 is 2.90 bits per heavy atom. The first-order valence-corrected chi connectivity index (χ1v) is 9.55. The Kier molecular flexibility index (Phi) is 5.43. The summed E-state index contributed by atoms with van der Waals surface area (Å²) in [5.74, 6) is 0.698. The van der Waals surface area contributed by atoms with Crippen molar-refractivity contribution >= 4 is 45.3 Å². The van der Waals surface area contributed by atoms with Crippen molar-refractivity contribution in [2.45, 2.75) is 6.54 Å². The molecule has 4 aromatic rings. The Hall–Kier alpha value is -3.36. The second-order valence-corrected chi connectivity index (χ2v) is 7.29. The van der Waals surface area contributed by atoms with Crippen LogP contribution in [0.5, 0.6) is 5.75 Å². The number of aromatic amines is 1. The largest absolute Gasteiger partial charge is 0.495 e. The van der Waals surface area contributed by atoms with Gasteiger partial charge in [0.1, 0.15) is 22.7 Å². The van der Waals surface area contributed by atoms with Crippen LogP contribution < -0.4 is 15.6 Å². The number of para-hydroxylation sites is 1. The summed E-state index contributed by atoms with van der Waals surface area (Å²) in [6.07, 6.45) is 0. The number of halogens is 1. The summed E-state index contributed by atoms with van der Waals surface area (Å²) in [6.45, 7) is 0.342. The number of carbonyl (C=O) groups is 1. The van der Waals surface area contributed by atoms with E-state index in [0.717, 1.165) is 5.39 Å². The normalized spacial score (nSPS) is 11.3. The van der Waals surface area contributed by atoms with Crippen molar-refractivity contribution in [1.82, 2.24) is 14.9 Å². The third-order valence-electron chi connectivity index (χ3n) is 4.55. The molecule has 154 valence electrons. The van der Waals surface area contributed by atoms with Gasteiger partial charge in [0, 0.05) is 10.4 Å². The monoisotopic (exact) mass is 426 g/mol. The zero-order valence-corrected chi connectivity index (χ0v) is 17.1. The van der Waals surface area contributed by atoms with Gasteiger partial charge < -0.3 is 19.5 Å². The minimum Gasteiger partial charge on any atom is -0.495 e. The number of carbonyl (C=O) groups excluding carboxylic acids is 1. The summed E-state index contributed by atoms with van der Waals surface area (Å²) in [4.78, 5) is 33.8. The highest BCUT2D eigenvalue weighted by molar-refractivity contribution is 6.31. The van der Waals surface area contributed by atoms with Crippen LogP contribution in [0, 0.1) is 0 Å². The molecule has 0 bridgehead atoms. The Balaban J connectivity index is 1.50. The summed E-state index contributed by atoms with van der Waals surface area (Å²) < 4.78 is 10.8. The first-order valence-electron chi connectivity index (χ1n) is 9.17. The molecule has 0 aliphatic carbocycles. The van der Waals surface area contributed by atoms with Gasteiger partial charge in [-0.15, -0.1) is 0 Å². The van der Waals surface area contributed by atoms with E-state index in [1.807, 2.05) is 18.2 Å². The molecule has 0 fully saturated rings. The molecule has 0 aliphatic rings. The minimum atomic E-state index is -0.354. The van der Waals surface area contributed by atoms with Crippen LogP contribution in [0.1, 0.15) is 5.82 Å². The first-order chi connectivity index (χ1) is 14.4. The summed E-state index contributed by atoms with van der Waals surface area (Å²) in [5, 5.41) is 4.04. The van der Waals surface area contributed by atoms with E-state index in [1.54, 1.807) is 36.2 Å². The smallest absolute Gasteiger partial charge is 0.294 e. The van der Waals surface area contributed by atoms with Crippen LogP contribution in [0.4, 0.5) is 5.69 Å². The molecule has 2 heterocycles. The Labute approximate surface area is 176 Å². The molecule has 2 aromatic heterocycles. The topological polar surface area (TPSA) is 100 Å². The molecule has 8 nitrogen and oxygen atoms in total. The SMILES string of the molecule is COc1ccc(Cl)cc1NC(=O)CN(C)Cc1nc2c(oc3ccccc32)c(=O)[nH]1. The molecular weight excluding hydrogens is 408 g/mol. The lowest BCUT2D eigenvalue weighted by Crippen LogP contribution is -2.31. The Morgan fingerprint density at radius 1 is 1.30 bits per heavy atom. The van der Waals surface area contributed by atoms with Crippen LogP contribution in [-0.2, 0) is 11.3 Å². The highest BCUT2D eigenvalue weighted by Gasteiger charge is 2.15. The second kappa shape index (κ2) is 8.17. The number of amides is 1. The van der Waals surface area contributed by atoms with Gasteiger partial charge in [0.25, 0.3) is 5.56 Å². The molecule has 0 saturated heterocycles. The zero-order chi connectivity index (χ0) is 21.3. The number of H-pyrrole nitrogens is 1. The van der Waals surface area contributed by atoms with Gasteiger partial charge in [0.15, 0.2) is 0 Å². The van der Waals surface area contributed by atoms with Crippen molar-refractivity contribution in [1.29, 1.82) is 0 Å². The highest BCUT2D eigenvalue weighted by Crippen LogP contribution is 2.27. The number of rotatable bonds is 6. The molecule has 2 N–H and O–H groups in total. The van der Waals surface area contributed by atoms with E-state index >= 15 is 0 Å². The second-order valence-electron chi connectivity index (χ2n) is 6.85. The van der Waals surface area contributed by atoms with Crippen molar-refractivity contribution in [3.8, 4) is 5.75 Å². The van der Waals surface area contributed by atoms with Gasteiger partial charge in [-0.05, 0) is 37.4 Å². The number of benzene rings is 2. The van der Waals surface area contributed by atoms with Crippen LogP contribution in [0.25, 0.3) is 22.1 Å². The summed E-state index contributed by atoms with van der Waals surface area (Å²) in [6, 6.07) is 12.3. The number of methoxy groups -OCH3 is 1. The third kappa shape index (κ3) is 4.00. The molecule has 0 unspecified atom stereocenters. The number of anilines is 1. The van der Waals surface area contributed by atoms with Gasteiger partial charge in [0.2, 0.25) is 11.5 Å². The lowest BCUT2D eigenvalue weighted by Gasteiger charge is -2.16. The number of nitrogens with zero attached hydrogens (tertiary/aromatic N) is 2. The molecule has 0 saturated carbocycles. The maximum atomic E-state index is 12.4. The number of fused-ring (bicyclic) bond motifs is 3. The number of aromatic nitrogens is 2. The van der Waals surface area contributed by atoms with Crippen molar-refractivity contribution in [3.05, 3.63) is 63.7 Å². The van der Waals surface area contributed by atoms with Crippen LogP contribution in [0.2, 0.25) is 5.02 Å². The fraction of sp³-hybridized carbons (Fsp3) is 0.190. The van der Waals surface area contributed by atoms with Gasteiger partial charge in [-0.25, -0.2) is 4.98 Å². The van der Waals surface area contributed by atoms with Gasteiger partial charge in [0.05, 0.1) is 25.9 Å². The van der Waals surface area contributed by atoms with E-state index < -0.39 is 0 Å². The number of ether oxygens (including phenoxy) is 1. The van der Waals surface area contributed by atoms with Crippen molar-refractivity contribution in [3.63, 3.8) is 0 Å². The summed E-state index contributed by atoms with van der Waals surface area (Å²) in [7, 11) is 3.27. The Morgan fingerprint density at radius 2 is 2.10 bits per heavy atom. The number of furan rings is 1. The van der Waals surface area contributed by atoms with Crippen molar-refractivity contribution < 1.29 is 13.9 Å². The Bertz CT molecular complexity index is 1300. The van der Waals surface area contributed by atoms with Gasteiger partial charge in [-0.3, -0.25) is 14.5 Å². The predicted octanol–water partition coefficient (Wildman–Crippen LogP) is 3.40. The molecular formula is C21H19ClN4O4. The van der Waals surface area contributed by atoms with E-state index in [1.165, 1.54) is 7.11 Å². The first kappa shape index (κ1) is 19.9. The summed E-state index contributed by atoms with van der Waals surface area (Å²) >= 11 is 6.00.